The van der Waals surface area contributed by atoms with Crippen LogP contribution in [-0.4, -0.2) is 15.8 Å². The summed E-state index contributed by atoms with van der Waals surface area (Å²) in [4.78, 5) is 0. The molecule has 3 nitrogen and oxygen atoms in total. The quantitative estimate of drug-likeness (QED) is 0.863. The van der Waals surface area contributed by atoms with Gasteiger partial charge < -0.3 is 5.32 Å². The Morgan fingerprint density at radius 3 is 2.88 bits per heavy atom. The smallest absolute Gasteiger partial charge is 0.0762 e. The van der Waals surface area contributed by atoms with Crippen LogP contribution < -0.4 is 5.32 Å². The molecular weight excluding hydrogens is 210 g/mol. The number of nitrogens with zero attached hydrogens (tertiary/aromatic N) is 2. The first-order valence-electron chi connectivity index (χ1n) is 7.16. The molecule has 0 spiro atoms. The van der Waals surface area contributed by atoms with Crippen LogP contribution in [-0.2, 0) is 6.54 Å². The summed E-state index contributed by atoms with van der Waals surface area (Å²) in [6.07, 6.45) is 10.7. The lowest BCUT2D eigenvalue weighted by Crippen LogP contribution is -2.18. The minimum Gasteiger partial charge on any atom is -0.308 e. The molecule has 3 atom stereocenters. The third-order valence-corrected chi connectivity index (χ3v) is 4.85. The summed E-state index contributed by atoms with van der Waals surface area (Å²) in [5.41, 5.74) is 1.22. The molecule has 3 fully saturated rings. The molecule has 3 heteroatoms. The fraction of sp³-hybridized carbons (Fsp3) is 0.786. The molecular formula is C14H21N3. The van der Waals surface area contributed by atoms with Gasteiger partial charge in [0.25, 0.3) is 0 Å². The van der Waals surface area contributed by atoms with E-state index in [0.29, 0.717) is 6.04 Å². The van der Waals surface area contributed by atoms with Crippen LogP contribution in [0.2, 0.25) is 0 Å². The van der Waals surface area contributed by atoms with Crippen molar-refractivity contribution >= 4 is 0 Å². The molecule has 0 radical (unpaired) electrons. The van der Waals surface area contributed by atoms with Crippen LogP contribution in [0.15, 0.2) is 12.3 Å². The molecule has 0 saturated heterocycles. The van der Waals surface area contributed by atoms with Gasteiger partial charge in [0, 0.05) is 18.8 Å². The number of aromatic nitrogens is 2. The zero-order valence-electron chi connectivity index (χ0n) is 10.3. The SMILES string of the molecule is c1cn(C2CC3CCC2C3)nc1CNC1CC1. The number of fused-ring (bicyclic) bond motifs is 2. The lowest BCUT2D eigenvalue weighted by molar-refractivity contribution is 0.305. The summed E-state index contributed by atoms with van der Waals surface area (Å²) in [7, 11) is 0. The molecule has 0 aliphatic heterocycles. The Morgan fingerprint density at radius 1 is 1.24 bits per heavy atom. The van der Waals surface area contributed by atoms with Crippen LogP contribution in [0, 0.1) is 11.8 Å². The van der Waals surface area contributed by atoms with Gasteiger partial charge in [-0.25, -0.2) is 0 Å². The van der Waals surface area contributed by atoms with Crippen LogP contribution >= 0.6 is 0 Å². The van der Waals surface area contributed by atoms with Gasteiger partial charge in [0.2, 0.25) is 0 Å². The van der Waals surface area contributed by atoms with Gasteiger partial charge in [0.15, 0.2) is 0 Å². The summed E-state index contributed by atoms with van der Waals surface area (Å²) < 4.78 is 2.26. The van der Waals surface area contributed by atoms with Gasteiger partial charge in [-0.3, -0.25) is 4.68 Å². The first-order valence-corrected chi connectivity index (χ1v) is 7.16. The first kappa shape index (κ1) is 10.1. The van der Waals surface area contributed by atoms with Gasteiger partial charge >= 0.3 is 0 Å². The average molecular weight is 231 g/mol. The maximum Gasteiger partial charge on any atom is 0.0762 e. The highest BCUT2D eigenvalue weighted by Crippen LogP contribution is 2.50. The van der Waals surface area contributed by atoms with E-state index in [-0.39, 0.29) is 0 Å². The van der Waals surface area contributed by atoms with Crippen LogP contribution in [0.1, 0.15) is 50.3 Å². The van der Waals surface area contributed by atoms with E-state index in [4.69, 9.17) is 5.10 Å². The maximum atomic E-state index is 4.76. The van der Waals surface area contributed by atoms with Crippen molar-refractivity contribution in [3.63, 3.8) is 0 Å². The summed E-state index contributed by atoms with van der Waals surface area (Å²) >= 11 is 0. The molecule has 92 valence electrons. The normalized spacial score (nSPS) is 35.6. The second-order valence-corrected chi connectivity index (χ2v) is 6.18. The van der Waals surface area contributed by atoms with Crippen molar-refractivity contribution in [2.75, 3.05) is 0 Å². The Balaban J connectivity index is 1.43. The van der Waals surface area contributed by atoms with E-state index >= 15 is 0 Å². The zero-order valence-corrected chi connectivity index (χ0v) is 10.3. The standard InChI is InChI=1S/C14H21N3/c1-2-11-7-10(1)8-14(11)17-6-5-13(16-17)9-15-12-3-4-12/h5-6,10-12,14-15H,1-4,7-9H2. The zero-order chi connectivity index (χ0) is 11.2. The third kappa shape index (κ3) is 1.90. The predicted molar refractivity (Wildman–Crippen MR) is 66.6 cm³/mol. The van der Waals surface area contributed by atoms with Crippen molar-refractivity contribution in [2.24, 2.45) is 11.8 Å². The minimum absolute atomic E-state index is 0.712. The van der Waals surface area contributed by atoms with Crippen LogP contribution in [0.3, 0.4) is 0 Å². The average Bonchev–Trinajstić information content (AvgIpc) is 2.82. The molecule has 4 rings (SSSR count). The van der Waals surface area contributed by atoms with E-state index in [1.54, 1.807) is 0 Å². The number of nitrogens with one attached hydrogen (secondary N) is 1. The molecule has 3 unspecified atom stereocenters. The Labute approximate surface area is 103 Å². The lowest BCUT2D eigenvalue weighted by Gasteiger charge is -2.21. The summed E-state index contributed by atoms with van der Waals surface area (Å²) in [6.45, 7) is 0.957. The number of hydrogen-bond donors (Lipinski definition) is 1. The second-order valence-electron chi connectivity index (χ2n) is 6.18. The van der Waals surface area contributed by atoms with E-state index in [1.807, 2.05) is 0 Å². The molecule has 1 aromatic rings. The molecule has 1 N–H and O–H groups in total. The molecule has 3 saturated carbocycles. The molecule has 1 aromatic heterocycles. The van der Waals surface area contributed by atoms with Crippen molar-refractivity contribution in [1.82, 2.24) is 15.1 Å². The molecule has 3 aliphatic rings. The fourth-order valence-electron chi connectivity index (χ4n) is 3.73. The van der Waals surface area contributed by atoms with Crippen molar-refractivity contribution in [1.29, 1.82) is 0 Å². The molecule has 1 heterocycles. The van der Waals surface area contributed by atoms with Crippen LogP contribution in [0.4, 0.5) is 0 Å². The van der Waals surface area contributed by atoms with E-state index in [9.17, 15) is 0 Å². The van der Waals surface area contributed by atoms with Crippen LogP contribution in [0.25, 0.3) is 0 Å². The summed E-state index contributed by atoms with van der Waals surface area (Å²) in [5, 5.41) is 8.30. The van der Waals surface area contributed by atoms with Crippen LogP contribution in [0.5, 0.6) is 0 Å². The fourth-order valence-corrected chi connectivity index (χ4v) is 3.73. The summed E-state index contributed by atoms with van der Waals surface area (Å²) in [6, 6.07) is 3.69. The predicted octanol–water partition coefficient (Wildman–Crippen LogP) is 2.50. The van der Waals surface area contributed by atoms with Gasteiger partial charge in [-0.1, -0.05) is 6.42 Å². The monoisotopic (exact) mass is 231 g/mol. The number of rotatable bonds is 4. The molecule has 3 aliphatic carbocycles. The number of hydrogen-bond acceptors (Lipinski definition) is 2. The van der Waals surface area contributed by atoms with Gasteiger partial charge in [-0.05, 0) is 50.0 Å². The third-order valence-electron chi connectivity index (χ3n) is 4.85. The largest absolute Gasteiger partial charge is 0.308 e. The van der Waals surface area contributed by atoms with E-state index in [1.165, 1.54) is 44.2 Å². The van der Waals surface area contributed by atoms with E-state index in [0.717, 1.165) is 24.4 Å². The molecule has 0 amide bonds. The van der Waals surface area contributed by atoms with Crippen molar-refractivity contribution in [2.45, 2.75) is 57.2 Å². The van der Waals surface area contributed by atoms with Crippen molar-refractivity contribution < 1.29 is 0 Å². The van der Waals surface area contributed by atoms with Crippen molar-refractivity contribution in [3.05, 3.63) is 18.0 Å². The Hall–Kier alpha value is -0.830. The summed E-state index contributed by atoms with van der Waals surface area (Å²) in [5.74, 6) is 1.92. The minimum atomic E-state index is 0.712. The maximum absolute atomic E-state index is 4.76. The van der Waals surface area contributed by atoms with Gasteiger partial charge in [-0.2, -0.15) is 5.10 Å². The highest BCUT2D eigenvalue weighted by molar-refractivity contribution is 5.03. The molecule has 2 bridgehead atoms. The van der Waals surface area contributed by atoms with E-state index in [2.05, 4.69) is 22.3 Å². The van der Waals surface area contributed by atoms with Gasteiger partial charge in [0.05, 0.1) is 11.7 Å². The van der Waals surface area contributed by atoms with Gasteiger partial charge in [-0.15, -0.1) is 0 Å². The Kier molecular flexibility index (Phi) is 2.29. The highest BCUT2D eigenvalue weighted by Gasteiger charge is 2.40. The second kappa shape index (κ2) is 3.84. The lowest BCUT2D eigenvalue weighted by atomic mass is 9.96. The van der Waals surface area contributed by atoms with Crippen molar-refractivity contribution in [3.8, 4) is 0 Å². The Morgan fingerprint density at radius 2 is 2.18 bits per heavy atom. The topological polar surface area (TPSA) is 29.9 Å². The van der Waals surface area contributed by atoms with E-state index < -0.39 is 0 Å². The highest BCUT2D eigenvalue weighted by atomic mass is 15.3. The molecule has 0 aromatic carbocycles. The van der Waals surface area contributed by atoms with Gasteiger partial charge in [0.1, 0.15) is 0 Å². The molecule has 17 heavy (non-hydrogen) atoms. The first-order chi connectivity index (χ1) is 8.38. The Bertz CT molecular complexity index is 407.